The molecule has 9 heteroatoms. The van der Waals surface area contributed by atoms with Crippen LogP contribution in [0.15, 0.2) is 77.9 Å². The third-order valence-electron chi connectivity index (χ3n) is 7.89. The highest BCUT2D eigenvalue weighted by molar-refractivity contribution is 6.30. The molecular formula is C31H31ClN6O2. The second-order valence-corrected chi connectivity index (χ2v) is 11.1. The number of pyridine rings is 1. The molecule has 6 rings (SSSR count). The van der Waals surface area contributed by atoms with Crippen LogP contribution in [-0.4, -0.2) is 35.8 Å². The van der Waals surface area contributed by atoms with Gasteiger partial charge >= 0.3 is 5.69 Å². The van der Waals surface area contributed by atoms with Crippen LogP contribution in [-0.2, 0) is 13.6 Å². The van der Waals surface area contributed by atoms with Crippen LogP contribution >= 0.6 is 11.6 Å². The Balaban J connectivity index is 1.18. The topological polar surface area (TPSA) is 86.7 Å². The minimum Gasteiger partial charge on any atom is -0.349 e. The summed E-state index contributed by atoms with van der Waals surface area (Å²) in [6.45, 7) is 2.46. The van der Waals surface area contributed by atoms with Gasteiger partial charge in [0.2, 0.25) is 0 Å². The maximum absolute atomic E-state index is 13.8. The van der Waals surface area contributed by atoms with Gasteiger partial charge in [-0.05, 0) is 74.9 Å². The smallest absolute Gasteiger partial charge is 0.333 e. The number of aromatic nitrogens is 5. The highest BCUT2D eigenvalue weighted by Crippen LogP contribution is 2.28. The van der Waals surface area contributed by atoms with Gasteiger partial charge in [-0.1, -0.05) is 35.9 Å². The molecule has 40 heavy (non-hydrogen) atoms. The Bertz CT molecular complexity index is 1740. The molecule has 2 aromatic carbocycles. The molecule has 8 nitrogen and oxygen atoms in total. The summed E-state index contributed by atoms with van der Waals surface area (Å²) in [6, 6.07) is 19.7. The number of imidazole rings is 1. The van der Waals surface area contributed by atoms with Crippen LogP contribution in [0.4, 0.5) is 0 Å². The lowest BCUT2D eigenvalue weighted by atomic mass is 9.85. The van der Waals surface area contributed by atoms with Crippen molar-refractivity contribution in [3.8, 4) is 16.9 Å². The van der Waals surface area contributed by atoms with Crippen molar-refractivity contribution < 1.29 is 4.79 Å². The SMILES string of the molecule is Cc1ncc(Cl)cc1C(=O)N[C@H]1CC[C@H](Cn2c(=O)n(-c3ccc(-c4ccn(C)n4)cc3)c3ccccc32)CC1. The third-order valence-corrected chi connectivity index (χ3v) is 8.10. The average Bonchev–Trinajstić information content (AvgIpc) is 3.52. The number of fused-ring (bicyclic) bond motifs is 1. The Morgan fingerprint density at radius 3 is 2.45 bits per heavy atom. The maximum atomic E-state index is 13.8. The predicted octanol–water partition coefficient (Wildman–Crippen LogP) is 5.54. The number of benzene rings is 2. The second kappa shape index (κ2) is 10.8. The van der Waals surface area contributed by atoms with Crippen LogP contribution < -0.4 is 11.0 Å². The van der Waals surface area contributed by atoms with Crippen LogP contribution in [0.1, 0.15) is 41.7 Å². The number of carbonyl (C=O) groups is 1. The molecule has 1 fully saturated rings. The molecule has 1 aliphatic carbocycles. The lowest BCUT2D eigenvalue weighted by molar-refractivity contribution is 0.0919. The predicted molar refractivity (Wildman–Crippen MR) is 157 cm³/mol. The lowest BCUT2D eigenvalue weighted by Crippen LogP contribution is -2.39. The van der Waals surface area contributed by atoms with Gasteiger partial charge in [0.15, 0.2) is 0 Å². The Morgan fingerprint density at radius 1 is 1.02 bits per heavy atom. The van der Waals surface area contributed by atoms with Gasteiger partial charge in [0.1, 0.15) is 0 Å². The van der Waals surface area contributed by atoms with E-state index in [-0.39, 0.29) is 17.6 Å². The number of hydrogen-bond donors (Lipinski definition) is 1. The molecule has 5 aromatic rings. The highest BCUT2D eigenvalue weighted by atomic mass is 35.5. The molecule has 0 aliphatic heterocycles. The minimum absolute atomic E-state index is 0.0360. The van der Waals surface area contributed by atoms with Gasteiger partial charge in [-0.2, -0.15) is 5.10 Å². The molecule has 0 atom stereocenters. The van der Waals surface area contributed by atoms with Crippen LogP contribution in [0.25, 0.3) is 28.0 Å². The molecule has 1 aliphatic rings. The van der Waals surface area contributed by atoms with Crippen molar-refractivity contribution in [3.05, 3.63) is 99.8 Å². The van der Waals surface area contributed by atoms with E-state index in [2.05, 4.69) is 15.4 Å². The van der Waals surface area contributed by atoms with Crippen molar-refractivity contribution in [2.45, 2.75) is 45.2 Å². The summed E-state index contributed by atoms with van der Waals surface area (Å²) in [6.07, 6.45) is 7.07. The van der Waals surface area contributed by atoms with E-state index in [0.29, 0.717) is 28.7 Å². The number of hydrogen-bond acceptors (Lipinski definition) is 4. The first-order valence-electron chi connectivity index (χ1n) is 13.6. The highest BCUT2D eigenvalue weighted by Gasteiger charge is 2.25. The van der Waals surface area contributed by atoms with E-state index in [0.717, 1.165) is 53.7 Å². The lowest BCUT2D eigenvalue weighted by Gasteiger charge is -2.29. The summed E-state index contributed by atoms with van der Waals surface area (Å²) in [5.74, 6) is 0.218. The summed E-state index contributed by atoms with van der Waals surface area (Å²) in [5, 5.41) is 8.08. The summed E-state index contributed by atoms with van der Waals surface area (Å²) in [5.41, 5.74) is 5.70. The summed E-state index contributed by atoms with van der Waals surface area (Å²) in [4.78, 5) is 30.8. The molecule has 1 amide bonds. The fourth-order valence-corrected chi connectivity index (χ4v) is 5.89. The van der Waals surface area contributed by atoms with Crippen molar-refractivity contribution in [2.24, 2.45) is 13.0 Å². The van der Waals surface area contributed by atoms with Crippen molar-refractivity contribution in [1.82, 2.24) is 29.2 Å². The van der Waals surface area contributed by atoms with Crippen LogP contribution in [0.2, 0.25) is 5.02 Å². The monoisotopic (exact) mass is 554 g/mol. The molecule has 204 valence electrons. The van der Waals surface area contributed by atoms with E-state index in [4.69, 9.17) is 11.6 Å². The molecule has 0 saturated heterocycles. The van der Waals surface area contributed by atoms with Crippen LogP contribution in [0.3, 0.4) is 0 Å². The molecule has 3 aromatic heterocycles. The molecular weight excluding hydrogens is 524 g/mol. The molecule has 0 radical (unpaired) electrons. The van der Waals surface area contributed by atoms with Gasteiger partial charge in [0.05, 0.1) is 38.7 Å². The van der Waals surface area contributed by atoms with E-state index < -0.39 is 0 Å². The molecule has 0 unspecified atom stereocenters. The van der Waals surface area contributed by atoms with Gasteiger partial charge in [0.25, 0.3) is 5.91 Å². The normalized spacial score (nSPS) is 17.3. The van der Waals surface area contributed by atoms with Gasteiger partial charge in [-0.3, -0.25) is 23.6 Å². The Hall–Kier alpha value is -4.17. The standard InChI is InChI=1S/C31H31ClN6O2/c1-20-26(17-23(32)18-33-20)30(39)34-24-11-7-21(8-12-24)19-37-28-5-3-4-6-29(28)38(31(37)40)25-13-9-22(10-14-25)27-15-16-36(2)35-27/h3-6,9-10,13-18,21,24H,7-8,11-12,19H2,1-2H3,(H,34,39)/t21-,24-. The summed E-state index contributed by atoms with van der Waals surface area (Å²) >= 11 is 6.05. The first kappa shape index (κ1) is 26.1. The van der Waals surface area contributed by atoms with Gasteiger partial charge in [0, 0.05) is 37.6 Å². The fraction of sp³-hybridized carbons (Fsp3) is 0.290. The zero-order chi connectivity index (χ0) is 27.8. The van der Waals surface area contributed by atoms with Gasteiger partial charge in [-0.15, -0.1) is 0 Å². The number of carbonyl (C=O) groups excluding carboxylic acids is 1. The van der Waals surface area contributed by atoms with E-state index in [1.165, 1.54) is 0 Å². The number of rotatable bonds is 6. The number of aryl methyl sites for hydroxylation is 2. The van der Waals surface area contributed by atoms with E-state index in [9.17, 15) is 9.59 Å². The zero-order valence-corrected chi connectivity index (χ0v) is 23.3. The van der Waals surface area contributed by atoms with Crippen molar-refractivity contribution in [1.29, 1.82) is 0 Å². The van der Waals surface area contributed by atoms with E-state index in [1.807, 2.05) is 79.3 Å². The summed E-state index contributed by atoms with van der Waals surface area (Å²) < 4.78 is 5.48. The number of nitrogens with zero attached hydrogens (tertiary/aromatic N) is 5. The number of halogens is 1. The van der Waals surface area contributed by atoms with E-state index >= 15 is 0 Å². The molecule has 0 bridgehead atoms. The van der Waals surface area contributed by atoms with Crippen molar-refractivity contribution in [2.75, 3.05) is 0 Å². The van der Waals surface area contributed by atoms with Crippen molar-refractivity contribution >= 4 is 28.5 Å². The molecule has 1 N–H and O–H groups in total. The van der Waals surface area contributed by atoms with Crippen LogP contribution in [0.5, 0.6) is 0 Å². The minimum atomic E-state index is -0.135. The maximum Gasteiger partial charge on any atom is 0.333 e. The van der Waals surface area contributed by atoms with Gasteiger partial charge in [-0.25, -0.2) is 4.79 Å². The number of para-hydroxylation sites is 2. The Labute approximate surface area is 237 Å². The Morgan fingerprint density at radius 2 is 1.75 bits per heavy atom. The first-order valence-corrected chi connectivity index (χ1v) is 14.0. The van der Waals surface area contributed by atoms with Crippen LogP contribution in [0, 0.1) is 12.8 Å². The number of amides is 1. The largest absolute Gasteiger partial charge is 0.349 e. The zero-order valence-electron chi connectivity index (χ0n) is 22.5. The first-order chi connectivity index (χ1) is 19.4. The fourth-order valence-electron chi connectivity index (χ4n) is 5.73. The summed E-state index contributed by atoms with van der Waals surface area (Å²) in [7, 11) is 1.90. The van der Waals surface area contributed by atoms with Gasteiger partial charge < -0.3 is 5.32 Å². The second-order valence-electron chi connectivity index (χ2n) is 10.6. The molecule has 3 heterocycles. The molecule has 1 saturated carbocycles. The number of nitrogens with one attached hydrogen (secondary N) is 1. The average molecular weight is 555 g/mol. The quantitative estimate of drug-likeness (QED) is 0.299. The van der Waals surface area contributed by atoms with Crippen molar-refractivity contribution in [3.63, 3.8) is 0 Å². The Kier molecular flexibility index (Phi) is 7.02. The van der Waals surface area contributed by atoms with E-state index in [1.54, 1.807) is 21.5 Å². The molecule has 0 spiro atoms. The third kappa shape index (κ3) is 5.07.